The molecule has 5 heteroatoms. The lowest BCUT2D eigenvalue weighted by Gasteiger charge is -2.03. The molecule has 1 aromatic heterocycles. The third-order valence-corrected chi connectivity index (χ3v) is 4.39. The Morgan fingerprint density at radius 2 is 2.00 bits per heavy atom. The summed E-state index contributed by atoms with van der Waals surface area (Å²) in [6.45, 7) is 3.94. The van der Waals surface area contributed by atoms with Crippen molar-refractivity contribution in [3.63, 3.8) is 0 Å². The summed E-state index contributed by atoms with van der Waals surface area (Å²) in [6.07, 6.45) is 2.06. The number of nitrogens with one attached hydrogen (secondary N) is 1. The van der Waals surface area contributed by atoms with Crippen LogP contribution in [0.3, 0.4) is 0 Å². The zero-order valence-electron chi connectivity index (χ0n) is 11.2. The number of carbonyl (C=O) groups excluding carboxylic acids is 1. The number of aromatic nitrogens is 1. The fraction of sp³-hybridized carbons (Fsp3) is 0.286. The number of benzene rings is 1. The highest BCUT2D eigenvalue weighted by Crippen LogP contribution is 2.21. The average Bonchev–Trinajstić information content (AvgIpc) is 2.69. The van der Waals surface area contributed by atoms with Crippen molar-refractivity contribution in [2.45, 2.75) is 19.6 Å². The molecule has 100 valence electrons. The van der Waals surface area contributed by atoms with Gasteiger partial charge in [-0.3, -0.25) is 10.1 Å². The first-order valence-corrected chi connectivity index (χ1v) is 8.14. The van der Waals surface area contributed by atoms with Crippen molar-refractivity contribution in [1.29, 1.82) is 0 Å². The van der Waals surface area contributed by atoms with Gasteiger partial charge in [0.2, 0.25) is 0 Å². The molecule has 0 spiro atoms. The van der Waals surface area contributed by atoms with Gasteiger partial charge in [0.1, 0.15) is 0 Å². The maximum absolute atomic E-state index is 12.1. The number of anilines is 1. The Morgan fingerprint density at radius 3 is 2.53 bits per heavy atom. The molecular formula is C14H16N2OS2. The number of hydrogen-bond donors (Lipinski definition) is 1. The average molecular weight is 292 g/mol. The van der Waals surface area contributed by atoms with E-state index in [4.69, 9.17) is 0 Å². The number of carbonyl (C=O) groups is 1. The SMILES string of the molecule is CSCc1ccc(C(=O)Nc2nc(C)c(C)s2)cc1. The zero-order valence-corrected chi connectivity index (χ0v) is 12.8. The van der Waals surface area contributed by atoms with E-state index in [1.54, 1.807) is 11.8 Å². The fourth-order valence-electron chi connectivity index (χ4n) is 1.61. The van der Waals surface area contributed by atoms with E-state index in [1.165, 1.54) is 16.9 Å². The summed E-state index contributed by atoms with van der Waals surface area (Å²) in [6, 6.07) is 7.69. The molecule has 1 N–H and O–H groups in total. The van der Waals surface area contributed by atoms with Crippen molar-refractivity contribution < 1.29 is 4.79 Å². The van der Waals surface area contributed by atoms with Crippen LogP contribution in [0.4, 0.5) is 5.13 Å². The fourth-order valence-corrected chi connectivity index (χ4v) is 2.95. The number of thioether (sulfide) groups is 1. The van der Waals surface area contributed by atoms with Crippen LogP contribution < -0.4 is 5.32 Å². The minimum absolute atomic E-state index is 0.107. The Hall–Kier alpha value is -1.33. The van der Waals surface area contributed by atoms with Gasteiger partial charge in [0, 0.05) is 16.2 Å². The molecule has 0 bridgehead atoms. The quantitative estimate of drug-likeness (QED) is 0.930. The smallest absolute Gasteiger partial charge is 0.257 e. The van der Waals surface area contributed by atoms with Gasteiger partial charge < -0.3 is 0 Å². The van der Waals surface area contributed by atoms with E-state index in [0.717, 1.165) is 16.3 Å². The zero-order chi connectivity index (χ0) is 13.8. The molecule has 1 heterocycles. The van der Waals surface area contributed by atoms with Crippen LogP contribution in [0, 0.1) is 13.8 Å². The van der Waals surface area contributed by atoms with Gasteiger partial charge in [0.25, 0.3) is 5.91 Å². The van der Waals surface area contributed by atoms with Crippen LogP contribution in [0.1, 0.15) is 26.5 Å². The summed E-state index contributed by atoms with van der Waals surface area (Å²) >= 11 is 3.27. The summed E-state index contributed by atoms with van der Waals surface area (Å²) in [7, 11) is 0. The minimum Gasteiger partial charge on any atom is -0.298 e. The van der Waals surface area contributed by atoms with Gasteiger partial charge in [0.05, 0.1) is 5.69 Å². The van der Waals surface area contributed by atoms with Crippen LogP contribution in [-0.4, -0.2) is 17.1 Å². The first-order chi connectivity index (χ1) is 9.10. The van der Waals surface area contributed by atoms with Gasteiger partial charge in [-0.15, -0.1) is 11.3 Å². The summed E-state index contributed by atoms with van der Waals surface area (Å²) in [5, 5.41) is 3.49. The van der Waals surface area contributed by atoms with Gasteiger partial charge >= 0.3 is 0 Å². The first-order valence-electron chi connectivity index (χ1n) is 5.93. The number of nitrogens with zero attached hydrogens (tertiary/aromatic N) is 1. The lowest BCUT2D eigenvalue weighted by Crippen LogP contribution is -2.11. The monoisotopic (exact) mass is 292 g/mol. The number of thiazole rings is 1. The molecule has 0 aliphatic heterocycles. The third kappa shape index (κ3) is 3.58. The molecule has 0 fully saturated rings. The van der Waals surface area contributed by atoms with E-state index in [9.17, 15) is 4.79 Å². The van der Waals surface area contributed by atoms with Crippen LogP contribution >= 0.6 is 23.1 Å². The molecule has 0 aliphatic rings. The van der Waals surface area contributed by atoms with Crippen LogP contribution in [0.5, 0.6) is 0 Å². The van der Waals surface area contributed by atoms with Gasteiger partial charge in [-0.25, -0.2) is 4.98 Å². The standard InChI is InChI=1S/C14H16N2OS2/c1-9-10(2)19-14(15-9)16-13(17)12-6-4-11(5-7-12)8-18-3/h4-7H,8H2,1-3H3,(H,15,16,17). The second kappa shape index (κ2) is 6.21. The Morgan fingerprint density at radius 1 is 1.32 bits per heavy atom. The predicted molar refractivity (Wildman–Crippen MR) is 83.2 cm³/mol. The lowest BCUT2D eigenvalue weighted by molar-refractivity contribution is 0.102. The number of amides is 1. The first kappa shape index (κ1) is 14.1. The number of aryl methyl sites for hydroxylation is 2. The van der Waals surface area contributed by atoms with Gasteiger partial charge in [0.15, 0.2) is 5.13 Å². The number of hydrogen-bond acceptors (Lipinski definition) is 4. The second-order valence-electron chi connectivity index (χ2n) is 4.24. The molecule has 0 saturated carbocycles. The normalized spacial score (nSPS) is 10.5. The van der Waals surface area contributed by atoms with Crippen molar-refractivity contribution in [3.8, 4) is 0 Å². The van der Waals surface area contributed by atoms with Crippen molar-refractivity contribution in [3.05, 3.63) is 46.0 Å². The molecule has 2 rings (SSSR count). The molecule has 0 atom stereocenters. The molecule has 1 aromatic carbocycles. The predicted octanol–water partition coefficient (Wildman–Crippen LogP) is 3.88. The second-order valence-corrected chi connectivity index (χ2v) is 6.31. The van der Waals surface area contributed by atoms with Crippen molar-refractivity contribution in [2.75, 3.05) is 11.6 Å². The Kier molecular flexibility index (Phi) is 4.61. The molecule has 0 aliphatic carbocycles. The molecule has 0 unspecified atom stereocenters. The highest BCUT2D eigenvalue weighted by atomic mass is 32.2. The van der Waals surface area contributed by atoms with E-state index in [1.807, 2.05) is 38.1 Å². The van der Waals surface area contributed by atoms with E-state index in [2.05, 4.69) is 16.6 Å². The summed E-state index contributed by atoms with van der Waals surface area (Å²) in [5.41, 5.74) is 2.86. The van der Waals surface area contributed by atoms with Crippen LogP contribution in [-0.2, 0) is 5.75 Å². The third-order valence-electron chi connectivity index (χ3n) is 2.78. The minimum atomic E-state index is -0.107. The van der Waals surface area contributed by atoms with Crippen molar-refractivity contribution in [1.82, 2.24) is 4.98 Å². The van der Waals surface area contributed by atoms with Crippen molar-refractivity contribution >= 4 is 34.1 Å². The van der Waals surface area contributed by atoms with Crippen LogP contribution in [0.15, 0.2) is 24.3 Å². The van der Waals surface area contributed by atoms with E-state index in [-0.39, 0.29) is 5.91 Å². The molecule has 1 amide bonds. The topological polar surface area (TPSA) is 42.0 Å². The van der Waals surface area contributed by atoms with Gasteiger partial charge in [-0.2, -0.15) is 11.8 Å². The Bertz CT molecular complexity index is 556. The molecule has 19 heavy (non-hydrogen) atoms. The van der Waals surface area contributed by atoms with Crippen molar-refractivity contribution in [2.24, 2.45) is 0 Å². The molecule has 3 nitrogen and oxygen atoms in total. The van der Waals surface area contributed by atoms with E-state index in [0.29, 0.717) is 10.7 Å². The maximum atomic E-state index is 12.1. The summed E-state index contributed by atoms with van der Waals surface area (Å²) < 4.78 is 0. The lowest BCUT2D eigenvalue weighted by atomic mass is 10.1. The highest BCUT2D eigenvalue weighted by Gasteiger charge is 2.09. The molecule has 0 saturated heterocycles. The highest BCUT2D eigenvalue weighted by molar-refractivity contribution is 7.97. The summed E-state index contributed by atoms with van der Waals surface area (Å²) in [4.78, 5) is 17.5. The van der Waals surface area contributed by atoms with E-state index < -0.39 is 0 Å². The molecule has 2 aromatic rings. The molecule has 0 radical (unpaired) electrons. The van der Waals surface area contributed by atoms with Gasteiger partial charge in [-0.05, 0) is 37.8 Å². The Labute approximate surface area is 121 Å². The summed E-state index contributed by atoms with van der Waals surface area (Å²) in [5.74, 6) is 0.858. The number of rotatable bonds is 4. The van der Waals surface area contributed by atoms with Crippen LogP contribution in [0.2, 0.25) is 0 Å². The Balaban J connectivity index is 2.07. The van der Waals surface area contributed by atoms with Gasteiger partial charge in [-0.1, -0.05) is 12.1 Å². The largest absolute Gasteiger partial charge is 0.298 e. The van der Waals surface area contributed by atoms with E-state index >= 15 is 0 Å². The maximum Gasteiger partial charge on any atom is 0.257 e. The molecular weight excluding hydrogens is 276 g/mol. The van der Waals surface area contributed by atoms with Crippen LogP contribution in [0.25, 0.3) is 0 Å².